The molecule has 0 spiro atoms. The Hall–Kier alpha value is -2.41. The van der Waals surface area contributed by atoms with Crippen molar-refractivity contribution in [3.05, 3.63) is 63.9 Å². The van der Waals surface area contributed by atoms with Gasteiger partial charge in [0.2, 0.25) is 5.76 Å². The molecule has 0 amide bonds. The molecule has 0 atom stereocenters. The van der Waals surface area contributed by atoms with E-state index in [4.69, 9.17) is 13.7 Å². The lowest BCUT2D eigenvalue weighted by Gasteiger charge is -2.01. The Morgan fingerprint density at radius 3 is 2.65 bits per heavy atom. The van der Waals surface area contributed by atoms with Crippen molar-refractivity contribution in [1.82, 2.24) is 5.16 Å². The first-order valence-electron chi connectivity index (χ1n) is 6.68. The fourth-order valence-corrected chi connectivity index (χ4v) is 2.31. The highest BCUT2D eigenvalue weighted by Crippen LogP contribution is 2.26. The first kappa shape index (κ1) is 15.5. The summed E-state index contributed by atoms with van der Waals surface area (Å²) in [6.07, 6.45) is 0. The second kappa shape index (κ2) is 6.37. The molecule has 0 saturated heterocycles. The number of hydrogen-bond donors (Lipinski definition) is 0. The van der Waals surface area contributed by atoms with E-state index in [1.54, 1.807) is 25.1 Å². The van der Waals surface area contributed by atoms with Crippen LogP contribution in [0.3, 0.4) is 0 Å². The summed E-state index contributed by atoms with van der Waals surface area (Å²) >= 11 is 3.11. The van der Waals surface area contributed by atoms with Gasteiger partial charge in [0, 0.05) is 11.1 Å². The molecule has 0 aliphatic heterocycles. The summed E-state index contributed by atoms with van der Waals surface area (Å²) in [5.41, 5.74) is 1.91. The van der Waals surface area contributed by atoms with Crippen LogP contribution >= 0.6 is 15.9 Å². The number of rotatable bonds is 4. The molecule has 0 bridgehead atoms. The van der Waals surface area contributed by atoms with Crippen LogP contribution in [0.15, 0.2) is 50.0 Å². The van der Waals surface area contributed by atoms with Crippen LogP contribution in [-0.2, 0) is 11.3 Å². The second-order valence-electron chi connectivity index (χ2n) is 4.77. The third kappa shape index (κ3) is 3.34. The van der Waals surface area contributed by atoms with E-state index in [0.29, 0.717) is 21.7 Å². The van der Waals surface area contributed by atoms with Gasteiger partial charge >= 0.3 is 5.97 Å². The number of carbonyl (C=O) groups excluding carboxylic acids is 1. The van der Waals surface area contributed by atoms with Gasteiger partial charge < -0.3 is 13.7 Å². The van der Waals surface area contributed by atoms with E-state index in [2.05, 4.69) is 21.1 Å². The SMILES string of the molecule is Cc1c(COC(=O)c2ccc(Br)o2)noc1-c1ccc(F)cc1. The smallest absolute Gasteiger partial charge is 0.374 e. The molecule has 23 heavy (non-hydrogen) atoms. The van der Waals surface area contributed by atoms with E-state index in [1.165, 1.54) is 18.2 Å². The summed E-state index contributed by atoms with van der Waals surface area (Å²) < 4.78 is 28.9. The Labute approximate surface area is 139 Å². The molecule has 3 rings (SSSR count). The Kier molecular flexibility index (Phi) is 4.29. The van der Waals surface area contributed by atoms with Crippen LogP contribution in [0.2, 0.25) is 0 Å². The number of aromatic nitrogens is 1. The number of furan rings is 1. The maximum Gasteiger partial charge on any atom is 0.374 e. The Bertz CT molecular complexity index is 838. The summed E-state index contributed by atoms with van der Waals surface area (Å²) in [6.45, 7) is 1.75. The van der Waals surface area contributed by atoms with Gasteiger partial charge in [0.25, 0.3) is 0 Å². The van der Waals surface area contributed by atoms with Crippen molar-refractivity contribution in [2.45, 2.75) is 13.5 Å². The van der Waals surface area contributed by atoms with Crippen molar-refractivity contribution in [3.8, 4) is 11.3 Å². The van der Waals surface area contributed by atoms with E-state index in [-0.39, 0.29) is 18.2 Å². The number of nitrogens with zero attached hydrogens (tertiary/aromatic N) is 1. The molecule has 7 heteroatoms. The summed E-state index contributed by atoms with van der Waals surface area (Å²) in [5.74, 6) is -0.320. The first-order valence-corrected chi connectivity index (χ1v) is 7.47. The van der Waals surface area contributed by atoms with Crippen LogP contribution in [-0.4, -0.2) is 11.1 Å². The fourth-order valence-electron chi connectivity index (χ4n) is 2.00. The summed E-state index contributed by atoms with van der Waals surface area (Å²) in [4.78, 5) is 11.8. The van der Waals surface area contributed by atoms with Crippen LogP contribution in [0.25, 0.3) is 11.3 Å². The Morgan fingerprint density at radius 1 is 1.26 bits per heavy atom. The second-order valence-corrected chi connectivity index (χ2v) is 5.55. The van der Waals surface area contributed by atoms with Gasteiger partial charge in [-0.2, -0.15) is 0 Å². The van der Waals surface area contributed by atoms with E-state index in [9.17, 15) is 9.18 Å². The van der Waals surface area contributed by atoms with Crippen LogP contribution in [0.5, 0.6) is 0 Å². The number of halogens is 2. The molecule has 0 N–H and O–H groups in total. The molecule has 0 saturated carbocycles. The average Bonchev–Trinajstić information content (AvgIpc) is 3.12. The van der Waals surface area contributed by atoms with Gasteiger partial charge in [0.15, 0.2) is 10.4 Å². The van der Waals surface area contributed by atoms with Crippen molar-refractivity contribution in [2.75, 3.05) is 0 Å². The minimum atomic E-state index is -0.596. The van der Waals surface area contributed by atoms with Crippen molar-refractivity contribution in [1.29, 1.82) is 0 Å². The molecule has 0 unspecified atom stereocenters. The maximum atomic E-state index is 13.0. The van der Waals surface area contributed by atoms with Crippen molar-refractivity contribution in [3.63, 3.8) is 0 Å². The predicted molar refractivity (Wildman–Crippen MR) is 82.2 cm³/mol. The van der Waals surface area contributed by atoms with Crippen LogP contribution < -0.4 is 0 Å². The molecule has 1 aromatic carbocycles. The van der Waals surface area contributed by atoms with Crippen molar-refractivity contribution in [2.24, 2.45) is 0 Å². The van der Waals surface area contributed by atoms with Crippen molar-refractivity contribution >= 4 is 21.9 Å². The molecule has 2 aromatic heterocycles. The minimum Gasteiger partial charge on any atom is -0.453 e. The topological polar surface area (TPSA) is 65.5 Å². The normalized spacial score (nSPS) is 10.7. The van der Waals surface area contributed by atoms with Gasteiger partial charge in [-0.15, -0.1) is 0 Å². The van der Waals surface area contributed by atoms with Gasteiger partial charge in [-0.1, -0.05) is 5.16 Å². The Morgan fingerprint density at radius 2 is 2.00 bits per heavy atom. The standard InChI is InChI=1S/C16H11BrFNO4/c1-9-12(8-21-16(20)13-6-7-14(17)22-13)19-23-15(9)10-2-4-11(18)5-3-10/h2-7H,8H2,1H3. The monoisotopic (exact) mass is 379 g/mol. The van der Waals surface area contributed by atoms with Crippen molar-refractivity contribution < 1.29 is 22.9 Å². The van der Waals surface area contributed by atoms with E-state index < -0.39 is 5.97 Å². The van der Waals surface area contributed by atoms with Crippen LogP contribution in [0.4, 0.5) is 4.39 Å². The molecular weight excluding hydrogens is 369 g/mol. The molecular formula is C16H11BrFNO4. The van der Waals surface area contributed by atoms with Gasteiger partial charge in [-0.3, -0.25) is 0 Å². The van der Waals surface area contributed by atoms with E-state index >= 15 is 0 Å². The van der Waals surface area contributed by atoms with Gasteiger partial charge in [-0.05, 0) is 59.3 Å². The zero-order valence-electron chi connectivity index (χ0n) is 12.0. The largest absolute Gasteiger partial charge is 0.453 e. The van der Waals surface area contributed by atoms with Gasteiger partial charge in [0.05, 0.1) is 0 Å². The number of carbonyl (C=O) groups is 1. The lowest BCUT2D eigenvalue weighted by Crippen LogP contribution is -2.04. The molecule has 0 aliphatic rings. The highest BCUT2D eigenvalue weighted by Gasteiger charge is 2.17. The number of hydrogen-bond acceptors (Lipinski definition) is 5. The fraction of sp³-hybridized carbons (Fsp3) is 0.125. The number of esters is 1. The number of benzene rings is 1. The zero-order valence-corrected chi connectivity index (χ0v) is 13.6. The van der Waals surface area contributed by atoms with E-state index in [1.807, 2.05) is 0 Å². The summed E-state index contributed by atoms with van der Waals surface area (Å²) in [6, 6.07) is 8.98. The third-order valence-corrected chi connectivity index (χ3v) is 3.67. The predicted octanol–water partition coefficient (Wildman–Crippen LogP) is 4.50. The lowest BCUT2D eigenvalue weighted by molar-refractivity contribution is 0.0426. The van der Waals surface area contributed by atoms with Crippen LogP contribution in [0, 0.1) is 12.7 Å². The average molecular weight is 380 g/mol. The molecule has 0 fully saturated rings. The van der Waals surface area contributed by atoms with Crippen LogP contribution in [0.1, 0.15) is 21.8 Å². The zero-order chi connectivity index (χ0) is 16.4. The molecule has 2 heterocycles. The highest BCUT2D eigenvalue weighted by atomic mass is 79.9. The third-order valence-electron chi connectivity index (χ3n) is 3.24. The molecule has 3 aromatic rings. The summed E-state index contributed by atoms with van der Waals surface area (Å²) in [5, 5.41) is 3.90. The number of ether oxygens (including phenoxy) is 1. The summed E-state index contributed by atoms with van der Waals surface area (Å²) in [7, 11) is 0. The van der Waals surface area contributed by atoms with E-state index in [0.717, 1.165) is 5.56 Å². The molecule has 5 nitrogen and oxygen atoms in total. The van der Waals surface area contributed by atoms with Gasteiger partial charge in [0.1, 0.15) is 18.1 Å². The minimum absolute atomic E-state index is 0.0479. The molecule has 0 aliphatic carbocycles. The quantitative estimate of drug-likeness (QED) is 0.624. The molecule has 118 valence electrons. The van der Waals surface area contributed by atoms with Gasteiger partial charge in [-0.25, -0.2) is 9.18 Å². The lowest BCUT2D eigenvalue weighted by atomic mass is 10.1. The Balaban J connectivity index is 1.72. The maximum absolute atomic E-state index is 13.0. The molecule has 0 radical (unpaired) electrons. The highest BCUT2D eigenvalue weighted by molar-refractivity contribution is 9.10. The first-order chi connectivity index (χ1) is 11.0.